The van der Waals surface area contributed by atoms with Crippen molar-refractivity contribution < 1.29 is 33.2 Å². The molecule has 0 aromatic heterocycles. The minimum Gasteiger partial charge on any atom is -0.497 e. The van der Waals surface area contributed by atoms with Crippen LogP contribution in [0.2, 0.25) is 0 Å². The van der Waals surface area contributed by atoms with Crippen molar-refractivity contribution in [2.45, 2.75) is 160 Å². The van der Waals surface area contributed by atoms with Gasteiger partial charge >= 0.3 is 0 Å². The Morgan fingerprint density at radius 3 is 1.76 bits per heavy atom. The van der Waals surface area contributed by atoms with Crippen molar-refractivity contribution >= 4 is 5.78 Å². The lowest BCUT2D eigenvalue weighted by Crippen LogP contribution is -2.40. The van der Waals surface area contributed by atoms with Crippen molar-refractivity contribution in [2.75, 3.05) is 13.7 Å². The second kappa shape index (κ2) is 24.9. The monoisotopic (exact) mass is 752 g/mol. The predicted molar refractivity (Wildman–Crippen MR) is 217 cm³/mol. The summed E-state index contributed by atoms with van der Waals surface area (Å²) in [6, 6.07) is 28.0. The van der Waals surface area contributed by atoms with Crippen molar-refractivity contribution in [1.82, 2.24) is 0 Å². The van der Waals surface area contributed by atoms with Crippen LogP contribution >= 0.6 is 0 Å². The highest BCUT2D eigenvalue weighted by Crippen LogP contribution is 2.37. The lowest BCUT2D eigenvalue weighted by molar-refractivity contribution is -0.278. The van der Waals surface area contributed by atoms with Gasteiger partial charge in [-0.25, -0.2) is 0 Å². The Morgan fingerprint density at radius 2 is 1.18 bits per heavy atom. The first-order chi connectivity index (χ1) is 27.1. The number of carbonyl (C=O) groups excluding carboxylic acids is 1. The number of hydrogen-bond donors (Lipinski definition) is 0. The average Bonchev–Trinajstić information content (AvgIpc) is 3.22. The summed E-state index contributed by atoms with van der Waals surface area (Å²) < 4.78 is 37.4. The van der Waals surface area contributed by atoms with Gasteiger partial charge in [0, 0.05) is 49.8 Å². The second-order valence-electron chi connectivity index (χ2n) is 15.1. The van der Waals surface area contributed by atoms with Crippen molar-refractivity contribution in [3.8, 4) is 17.6 Å². The normalized spacial score (nSPS) is 22.4. The van der Waals surface area contributed by atoms with E-state index in [0.29, 0.717) is 26.1 Å². The van der Waals surface area contributed by atoms with E-state index in [-0.39, 0.29) is 36.6 Å². The Balaban J connectivity index is 1.11. The van der Waals surface area contributed by atoms with Gasteiger partial charge in [0.15, 0.2) is 12.6 Å². The molecule has 0 N–H and O–H groups in total. The Morgan fingerprint density at radius 1 is 0.655 bits per heavy atom. The predicted octanol–water partition coefficient (Wildman–Crippen LogP) is 11.4. The van der Waals surface area contributed by atoms with E-state index in [1.54, 1.807) is 7.11 Å². The molecule has 0 spiro atoms. The number of ether oxygens (including phenoxy) is 6. The molecule has 5 rings (SSSR count). The number of rotatable bonds is 23. The van der Waals surface area contributed by atoms with E-state index >= 15 is 0 Å². The van der Waals surface area contributed by atoms with E-state index in [9.17, 15) is 4.79 Å². The number of methoxy groups -OCH3 is 1. The summed E-state index contributed by atoms with van der Waals surface area (Å²) in [5, 5.41) is 0. The summed E-state index contributed by atoms with van der Waals surface area (Å²) in [7, 11) is 1.67. The van der Waals surface area contributed by atoms with E-state index in [0.717, 1.165) is 48.1 Å². The summed E-state index contributed by atoms with van der Waals surface area (Å²) in [6.07, 6.45) is 16.4. The molecular weight excluding hydrogens is 689 g/mol. The zero-order chi connectivity index (χ0) is 38.3. The molecule has 0 unspecified atom stereocenters. The highest BCUT2D eigenvalue weighted by molar-refractivity contribution is 5.95. The molecule has 2 heterocycles. The van der Waals surface area contributed by atoms with Crippen LogP contribution in [0.5, 0.6) is 5.75 Å². The molecule has 2 aliphatic rings. The van der Waals surface area contributed by atoms with Crippen LogP contribution in [-0.4, -0.2) is 43.9 Å². The fourth-order valence-electron chi connectivity index (χ4n) is 7.44. The molecule has 3 aromatic rings. The van der Waals surface area contributed by atoms with Crippen molar-refractivity contribution in [3.05, 3.63) is 102 Å². The van der Waals surface area contributed by atoms with E-state index in [1.807, 2.05) is 84.9 Å². The first kappa shape index (κ1) is 42.6. The van der Waals surface area contributed by atoms with Gasteiger partial charge in [0.25, 0.3) is 0 Å². The second-order valence-corrected chi connectivity index (χ2v) is 15.1. The largest absolute Gasteiger partial charge is 0.497 e. The number of unbranched alkanes of at least 4 members (excludes halogenated alkanes) is 11. The zero-order valence-corrected chi connectivity index (χ0v) is 33.3. The molecule has 55 heavy (non-hydrogen) atoms. The third-order valence-electron chi connectivity index (χ3n) is 10.5. The van der Waals surface area contributed by atoms with Crippen molar-refractivity contribution in [3.63, 3.8) is 0 Å². The van der Waals surface area contributed by atoms with Gasteiger partial charge in [0.1, 0.15) is 5.75 Å². The molecule has 7 nitrogen and oxygen atoms in total. The maximum absolute atomic E-state index is 13.1. The van der Waals surface area contributed by atoms with Crippen LogP contribution in [0.25, 0.3) is 0 Å². The van der Waals surface area contributed by atoms with Crippen LogP contribution in [0.3, 0.4) is 0 Å². The zero-order valence-electron chi connectivity index (χ0n) is 33.3. The van der Waals surface area contributed by atoms with Crippen LogP contribution in [0.4, 0.5) is 0 Å². The molecule has 6 atom stereocenters. The Hall–Kier alpha value is -3.51. The quantitative estimate of drug-likeness (QED) is 0.0542. The molecule has 3 aromatic carbocycles. The fraction of sp³-hybridized carbons (Fsp3) is 0.562. The number of benzene rings is 3. The third kappa shape index (κ3) is 15.9. The maximum Gasteiger partial charge on any atom is 0.208 e. The van der Waals surface area contributed by atoms with Crippen LogP contribution in [0.1, 0.15) is 145 Å². The summed E-state index contributed by atoms with van der Waals surface area (Å²) in [5.74, 6) is 6.83. The Labute approximate surface area is 330 Å². The summed E-state index contributed by atoms with van der Waals surface area (Å²) >= 11 is 0. The molecule has 2 saturated heterocycles. The van der Waals surface area contributed by atoms with Gasteiger partial charge in [-0.15, -0.1) is 0 Å². The first-order valence-electron chi connectivity index (χ1n) is 21.0. The molecule has 298 valence electrons. The molecule has 0 radical (unpaired) electrons. The van der Waals surface area contributed by atoms with Crippen LogP contribution < -0.4 is 4.74 Å². The molecule has 7 heteroatoms. The number of hydrogen-bond acceptors (Lipinski definition) is 7. The van der Waals surface area contributed by atoms with Gasteiger partial charge in [0.05, 0.1) is 38.1 Å². The van der Waals surface area contributed by atoms with Crippen LogP contribution in [0, 0.1) is 11.8 Å². The van der Waals surface area contributed by atoms with Crippen molar-refractivity contribution in [2.24, 2.45) is 0 Å². The Kier molecular flexibility index (Phi) is 19.3. The smallest absolute Gasteiger partial charge is 0.208 e. The number of carbonyl (C=O) groups is 1. The number of ketones is 1. The summed E-state index contributed by atoms with van der Waals surface area (Å²) in [5.41, 5.74) is 3.03. The lowest BCUT2D eigenvalue weighted by Gasteiger charge is -2.40. The SMILES string of the molecule is CCCCCCCCCCCCCC#CC(=O)C[C@@H]1C[C@H](C[C@@H]2C[C@H](CCOCc3ccc(OC)cc3)O[C@H](c3ccccc3)O2)O[C@H](c2ccccc2)O1. The van der Waals surface area contributed by atoms with E-state index in [1.165, 1.54) is 64.2 Å². The van der Waals surface area contributed by atoms with Gasteiger partial charge in [-0.2, -0.15) is 0 Å². The first-order valence-corrected chi connectivity index (χ1v) is 21.0. The average molecular weight is 753 g/mol. The fourth-order valence-corrected chi connectivity index (χ4v) is 7.44. The Bertz CT molecular complexity index is 1530. The van der Waals surface area contributed by atoms with E-state index < -0.39 is 12.6 Å². The van der Waals surface area contributed by atoms with Gasteiger partial charge in [0.2, 0.25) is 5.78 Å². The highest BCUT2D eigenvalue weighted by Gasteiger charge is 2.37. The van der Waals surface area contributed by atoms with Crippen LogP contribution in [-0.2, 0) is 35.1 Å². The molecule has 2 aliphatic heterocycles. The standard InChI is InChI=1S/C48H64O7/c1-3-4-5-6-7-8-9-10-11-12-13-14-21-26-41(49)33-44-35-46(55-48(53-44)40-24-19-16-20-25-40)36-45-34-43(52-47(54-45)39-22-17-15-18-23-39)31-32-51-37-38-27-29-42(50-2)30-28-38/h15-20,22-25,27-30,43-48H,3-14,31-37H2,1-2H3/t43-,44+,45-,46+,47-,48+/m0/s1. The molecule has 0 aliphatic carbocycles. The summed E-state index contributed by atoms with van der Waals surface area (Å²) in [4.78, 5) is 13.1. The van der Waals surface area contributed by atoms with E-state index in [4.69, 9.17) is 28.4 Å². The maximum atomic E-state index is 13.1. The van der Waals surface area contributed by atoms with Gasteiger partial charge in [-0.1, -0.05) is 150 Å². The van der Waals surface area contributed by atoms with Gasteiger partial charge in [-0.3, -0.25) is 4.79 Å². The molecular formula is C48H64O7. The topological polar surface area (TPSA) is 72.5 Å². The minimum absolute atomic E-state index is 0.0439. The third-order valence-corrected chi connectivity index (χ3v) is 10.5. The van der Waals surface area contributed by atoms with Gasteiger partial charge < -0.3 is 28.4 Å². The van der Waals surface area contributed by atoms with Crippen LogP contribution in [0.15, 0.2) is 84.9 Å². The molecule has 0 saturated carbocycles. The highest BCUT2D eigenvalue weighted by atomic mass is 16.7. The number of Topliss-reactive ketones (excluding diaryl/α,β-unsaturated/α-hetero) is 1. The summed E-state index contributed by atoms with van der Waals surface area (Å²) in [6.45, 7) is 3.36. The molecule has 2 fully saturated rings. The van der Waals surface area contributed by atoms with E-state index in [2.05, 4.69) is 18.8 Å². The lowest BCUT2D eigenvalue weighted by atomic mass is 9.96. The molecule has 0 amide bonds. The molecule has 0 bridgehead atoms. The van der Waals surface area contributed by atoms with Crippen molar-refractivity contribution in [1.29, 1.82) is 0 Å². The minimum atomic E-state index is -0.561. The van der Waals surface area contributed by atoms with Gasteiger partial charge in [-0.05, 0) is 36.5 Å².